The summed E-state index contributed by atoms with van der Waals surface area (Å²) in [6.07, 6.45) is 0. The van der Waals surface area contributed by atoms with Gasteiger partial charge in [0.2, 0.25) is 0 Å². The second kappa shape index (κ2) is 15.7. The van der Waals surface area contributed by atoms with Gasteiger partial charge in [-0.1, -0.05) is 13.8 Å². The van der Waals surface area contributed by atoms with Crippen molar-refractivity contribution in [1.82, 2.24) is 0 Å². The number of rotatable bonds is 0. The van der Waals surface area contributed by atoms with Gasteiger partial charge in [0.25, 0.3) is 0 Å². The van der Waals surface area contributed by atoms with E-state index in [1.807, 2.05) is 0 Å². The Morgan fingerprint density at radius 3 is 1.14 bits per heavy atom. The van der Waals surface area contributed by atoms with E-state index < -0.39 is 0 Å². The molecule has 0 amide bonds. The van der Waals surface area contributed by atoms with Crippen LogP contribution in [0.1, 0.15) is 20.8 Å². The molecule has 0 nitrogen and oxygen atoms in total. The van der Waals surface area contributed by atoms with Crippen molar-refractivity contribution in [2.24, 2.45) is 5.92 Å². The Balaban J connectivity index is -0.0000000480. The van der Waals surface area contributed by atoms with E-state index in [9.17, 15) is 0 Å². The van der Waals surface area contributed by atoms with Crippen LogP contribution in [-0.2, 0) is 32.7 Å². The summed E-state index contributed by atoms with van der Waals surface area (Å²) in [5.74, 6) is 0.583. The molecular weight excluding hydrogens is 161 g/mol. The third-order valence-electron chi connectivity index (χ3n) is 0. The van der Waals surface area contributed by atoms with Crippen LogP contribution >= 0.6 is 0 Å². The van der Waals surface area contributed by atoms with Gasteiger partial charge in [0.05, 0.1) is 0 Å². The van der Waals surface area contributed by atoms with E-state index >= 15 is 0 Å². The second-order valence-electron chi connectivity index (χ2n) is 1.39. The summed E-state index contributed by atoms with van der Waals surface area (Å²) < 4.78 is 0. The molecule has 1 radical (unpaired) electrons. The molecular formula is C6H14Y-2. The van der Waals surface area contributed by atoms with Crippen LogP contribution in [0.15, 0.2) is 0 Å². The predicted octanol–water partition coefficient (Wildman–Crippen LogP) is 2.31. The van der Waals surface area contributed by atoms with Gasteiger partial charge in [-0.25, -0.2) is 0 Å². The molecule has 0 fully saturated rings. The van der Waals surface area contributed by atoms with Crippen molar-refractivity contribution in [3.63, 3.8) is 0 Å². The van der Waals surface area contributed by atoms with Crippen LogP contribution in [0.3, 0.4) is 0 Å². The minimum absolute atomic E-state index is 0. The number of hydrogen-bond donors (Lipinski definition) is 0. The molecule has 0 saturated carbocycles. The summed E-state index contributed by atoms with van der Waals surface area (Å²) in [7, 11) is 0. The van der Waals surface area contributed by atoms with Gasteiger partial charge >= 0.3 is 0 Å². The van der Waals surface area contributed by atoms with Gasteiger partial charge in [-0.05, 0) is 0 Å². The normalized spacial score (nSPS) is 6.00. The van der Waals surface area contributed by atoms with Gasteiger partial charge in [-0.2, -0.15) is 12.8 Å². The quantitative estimate of drug-likeness (QED) is 0.495. The van der Waals surface area contributed by atoms with Gasteiger partial charge in [0.15, 0.2) is 0 Å². The topological polar surface area (TPSA) is 0 Å². The van der Waals surface area contributed by atoms with Crippen LogP contribution in [0.2, 0.25) is 0 Å². The van der Waals surface area contributed by atoms with Gasteiger partial charge in [0, 0.05) is 32.7 Å². The Morgan fingerprint density at radius 2 is 1.14 bits per heavy atom. The molecule has 0 N–H and O–H groups in total. The fourth-order valence-electron chi connectivity index (χ4n) is 0. The molecule has 7 heavy (non-hydrogen) atoms. The summed E-state index contributed by atoms with van der Waals surface area (Å²) in [5.41, 5.74) is 0. The average Bonchev–Trinajstić information content (AvgIpc) is 1.41. The van der Waals surface area contributed by atoms with Gasteiger partial charge < -0.3 is 13.8 Å². The maximum Gasteiger partial charge on any atom is 0 e. The zero-order chi connectivity index (χ0) is 5.58. The van der Waals surface area contributed by atoms with Crippen LogP contribution in [0.4, 0.5) is 0 Å². The third kappa shape index (κ3) is 152. The van der Waals surface area contributed by atoms with E-state index in [1.54, 1.807) is 6.92 Å². The molecule has 0 atom stereocenters. The average molecular weight is 175 g/mol. The predicted molar refractivity (Wildman–Crippen MR) is 31.2 cm³/mol. The Kier molecular flexibility index (Phi) is 35.2. The van der Waals surface area contributed by atoms with Crippen LogP contribution in [0.5, 0.6) is 0 Å². The van der Waals surface area contributed by atoms with Crippen LogP contribution < -0.4 is 0 Å². The zero-order valence-corrected chi connectivity index (χ0v) is 8.41. The van der Waals surface area contributed by atoms with Crippen molar-refractivity contribution in [2.75, 3.05) is 0 Å². The minimum atomic E-state index is 0. The molecule has 0 spiro atoms. The van der Waals surface area contributed by atoms with Crippen LogP contribution in [-0.4, -0.2) is 0 Å². The monoisotopic (exact) mass is 175 g/mol. The zero-order valence-electron chi connectivity index (χ0n) is 5.57. The fourth-order valence-corrected chi connectivity index (χ4v) is 0. The first-order chi connectivity index (χ1) is 2.73. The molecule has 0 aromatic carbocycles. The largest absolute Gasteiger partial charge is 0.346 e. The van der Waals surface area contributed by atoms with Crippen molar-refractivity contribution in [3.05, 3.63) is 13.8 Å². The molecule has 0 aromatic heterocycles. The summed E-state index contributed by atoms with van der Waals surface area (Å²) in [6.45, 7) is 12.8. The molecule has 0 bridgehead atoms. The van der Waals surface area contributed by atoms with Crippen molar-refractivity contribution in [3.8, 4) is 0 Å². The van der Waals surface area contributed by atoms with E-state index in [-0.39, 0.29) is 32.7 Å². The number of hydrogen-bond acceptors (Lipinski definition) is 0. The SMILES string of the molecule is [CH2-]C.[CH2-]C(C)C.[Y]. The molecule has 0 aromatic rings. The van der Waals surface area contributed by atoms with E-state index in [0.717, 1.165) is 0 Å². The third-order valence-corrected chi connectivity index (χ3v) is 0. The summed E-state index contributed by atoms with van der Waals surface area (Å²) >= 11 is 0. The summed E-state index contributed by atoms with van der Waals surface area (Å²) in [5, 5.41) is 0. The van der Waals surface area contributed by atoms with Gasteiger partial charge in [-0.15, -0.1) is 0 Å². The maximum absolute atomic E-state index is 3.64. The molecule has 0 aliphatic rings. The van der Waals surface area contributed by atoms with Gasteiger partial charge in [0.1, 0.15) is 0 Å². The van der Waals surface area contributed by atoms with Crippen LogP contribution in [0.25, 0.3) is 0 Å². The Labute approximate surface area is 73.0 Å². The Morgan fingerprint density at radius 1 is 1.14 bits per heavy atom. The fraction of sp³-hybridized carbons (Fsp3) is 0.667. The first kappa shape index (κ1) is 15.7. The molecule has 0 aliphatic carbocycles. The Bertz CT molecular complexity index is 8.90. The second-order valence-corrected chi connectivity index (χ2v) is 1.39. The van der Waals surface area contributed by atoms with E-state index in [0.29, 0.717) is 5.92 Å². The molecule has 0 unspecified atom stereocenters. The molecule has 0 heterocycles. The molecule has 0 saturated heterocycles. The molecule has 1 heteroatoms. The van der Waals surface area contributed by atoms with Crippen molar-refractivity contribution < 1.29 is 32.7 Å². The van der Waals surface area contributed by atoms with E-state index in [1.165, 1.54) is 0 Å². The van der Waals surface area contributed by atoms with Crippen molar-refractivity contribution >= 4 is 0 Å². The standard InChI is InChI=1S/C4H9.C2H5.Y/c1-4(2)3;1-2;/h4H,1H2,2-3H3;1H2,2H3;/q2*-1;. The first-order valence-corrected chi connectivity index (χ1v) is 2.27. The van der Waals surface area contributed by atoms with Crippen LogP contribution in [0, 0.1) is 19.8 Å². The summed E-state index contributed by atoms with van der Waals surface area (Å²) in [4.78, 5) is 0. The van der Waals surface area contributed by atoms with E-state index in [4.69, 9.17) is 0 Å². The minimum Gasteiger partial charge on any atom is -0.346 e. The maximum atomic E-state index is 3.64. The van der Waals surface area contributed by atoms with E-state index in [2.05, 4.69) is 27.7 Å². The van der Waals surface area contributed by atoms with Crippen molar-refractivity contribution in [2.45, 2.75) is 20.8 Å². The molecule has 43 valence electrons. The Hall–Kier alpha value is 1.10. The smallest absolute Gasteiger partial charge is 0 e. The first-order valence-electron chi connectivity index (χ1n) is 2.27. The molecule has 0 aliphatic heterocycles. The molecule has 0 rings (SSSR count). The van der Waals surface area contributed by atoms with Gasteiger partial charge in [-0.3, -0.25) is 0 Å². The van der Waals surface area contributed by atoms with Crippen molar-refractivity contribution in [1.29, 1.82) is 0 Å². The summed E-state index contributed by atoms with van der Waals surface area (Å²) in [6, 6.07) is 0.